The molecule has 3 fully saturated rings. The molecule has 2 aromatic rings. The fraction of sp³-hybridized carbons (Fsp3) is 0.667. The number of carbonyl (C=O) groups is 1. The Labute approximate surface area is 184 Å². The maximum absolute atomic E-state index is 13.2. The van der Waals surface area contributed by atoms with Crippen LogP contribution < -0.4 is 10.2 Å². The highest BCUT2D eigenvalue weighted by Crippen LogP contribution is 2.33. The lowest BCUT2D eigenvalue weighted by atomic mass is 9.82. The molecule has 3 saturated heterocycles. The zero-order chi connectivity index (χ0) is 21.5. The number of para-hydroxylation sites is 1. The smallest absolute Gasteiger partial charge is 0.298 e. The second kappa shape index (κ2) is 8.43. The van der Waals surface area contributed by atoms with Crippen molar-refractivity contribution in [3.8, 4) is 0 Å². The topological polar surface area (TPSA) is 70.8 Å². The molecule has 31 heavy (non-hydrogen) atoms. The van der Waals surface area contributed by atoms with Gasteiger partial charge in [-0.05, 0) is 50.8 Å². The van der Waals surface area contributed by atoms with Crippen LogP contribution >= 0.6 is 0 Å². The highest BCUT2D eigenvalue weighted by molar-refractivity contribution is 6.04. The monoisotopic (exact) mass is 426 g/mol. The first-order chi connectivity index (χ1) is 15.0. The number of carbonyl (C=O) groups excluding carboxylic acids is 1. The SMILES string of the molecule is CC(C)[C@H]1COCCN1c1nc2c(C(=O)NC3CC4CCCC(C3)N4C)cccc2o1. The molecule has 1 aromatic carbocycles. The minimum atomic E-state index is -0.0412. The molecule has 3 atom stereocenters. The standard InChI is InChI=1S/C24H34N4O3/c1-15(2)20-14-30-11-10-28(20)24-26-22-19(8-5-9-21(22)31-24)23(29)25-16-12-17-6-4-7-18(13-16)27(17)3/h5,8-9,15-18,20H,4,6-7,10-14H2,1-3H3,(H,25,29)/t16?,17?,18?,20-/m1/s1. The van der Waals surface area contributed by atoms with Crippen LogP contribution in [0.4, 0.5) is 6.01 Å². The van der Waals surface area contributed by atoms with Gasteiger partial charge in [0.1, 0.15) is 5.52 Å². The molecule has 0 radical (unpaired) electrons. The molecule has 7 nitrogen and oxygen atoms in total. The average molecular weight is 427 g/mol. The quantitative estimate of drug-likeness (QED) is 0.808. The summed E-state index contributed by atoms with van der Waals surface area (Å²) in [6.07, 6.45) is 5.84. The van der Waals surface area contributed by atoms with Crippen molar-refractivity contribution in [1.82, 2.24) is 15.2 Å². The molecule has 168 valence electrons. The Balaban J connectivity index is 1.37. The van der Waals surface area contributed by atoms with Crippen LogP contribution in [0.25, 0.3) is 11.1 Å². The average Bonchev–Trinajstić information content (AvgIpc) is 3.18. The second-order valence-corrected chi connectivity index (χ2v) is 9.77. The van der Waals surface area contributed by atoms with Crippen molar-refractivity contribution in [2.75, 3.05) is 31.7 Å². The summed E-state index contributed by atoms with van der Waals surface area (Å²) in [4.78, 5) is 22.7. The zero-order valence-corrected chi connectivity index (χ0v) is 18.8. The van der Waals surface area contributed by atoms with Gasteiger partial charge in [0.25, 0.3) is 11.9 Å². The van der Waals surface area contributed by atoms with Gasteiger partial charge < -0.3 is 24.3 Å². The van der Waals surface area contributed by atoms with Crippen molar-refractivity contribution >= 4 is 23.0 Å². The van der Waals surface area contributed by atoms with Gasteiger partial charge in [0.2, 0.25) is 0 Å². The van der Waals surface area contributed by atoms with Crippen LogP contribution in [0, 0.1) is 5.92 Å². The number of benzene rings is 1. The van der Waals surface area contributed by atoms with E-state index in [-0.39, 0.29) is 18.0 Å². The number of hydrogen-bond acceptors (Lipinski definition) is 6. The first-order valence-corrected chi connectivity index (χ1v) is 11.8. The maximum atomic E-state index is 13.2. The summed E-state index contributed by atoms with van der Waals surface area (Å²) in [5.74, 6) is 0.377. The third-order valence-corrected chi connectivity index (χ3v) is 7.51. The molecule has 1 aromatic heterocycles. The van der Waals surface area contributed by atoms with Crippen molar-refractivity contribution < 1.29 is 13.9 Å². The number of piperidine rings is 2. The molecule has 3 aliphatic rings. The van der Waals surface area contributed by atoms with E-state index in [4.69, 9.17) is 14.1 Å². The van der Waals surface area contributed by atoms with Gasteiger partial charge >= 0.3 is 0 Å². The van der Waals surface area contributed by atoms with Crippen molar-refractivity contribution in [3.05, 3.63) is 23.8 Å². The predicted molar refractivity (Wildman–Crippen MR) is 120 cm³/mol. The fourth-order valence-electron chi connectivity index (χ4n) is 5.65. The molecule has 5 rings (SSSR count). The largest absolute Gasteiger partial charge is 0.423 e. The number of morpholine rings is 1. The van der Waals surface area contributed by atoms with E-state index >= 15 is 0 Å². The number of anilines is 1. The van der Waals surface area contributed by atoms with Gasteiger partial charge in [0.15, 0.2) is 5.58 Å². The number of nitrogens with zero attached hydrogens (tertiary/aromatic N) is 3. The van der Waals surface area contributed by atoms with Crippen molar-refractivity contribution in [2.24, 2.45) is 5.92 Å². The molecule has 1 N–H and O–H groups in total. The first kappa shape index (κ1) is 20.8. The molecule has 3 aliphatic heterocycles. The van der Waals surface area contributed by atoms with E-state index < -0.39 is 0 Å². The van der Waals surface area contributed by atoms with Gasteiger partial charge in [-0.1, -0.05) is 26.3 Å². The van der Waals surface area contributed by atoms with Crippen LogP contribution in [0.2, 0.25) is 0 Å². The van der Waals surface area contributed by atoms with Crippen molar-refractivity contribution in [1.29, 1.82) is 0 Å². The van der Waals surface area contributed by atoms with Gasteiger partial charge in [-0.15, -0.1) is 0 Å². The lowest BCUT2D eigenvalue weighted by molar-refractivity contribution is 0.0463. The zero-order valence-electron chi connectivity index (χ0n) is 18.8. The molecule has 0 spiro atoms. The molecule has 1 amide bonds. The molecular formula is C24H34N4O3. The Hall–Kier alpha value is -2.12. The highest BCUT2D eigenvalue weighted by atomic mass is 16.5. The van der Waals surface area contributed by atoms with Crippen LogP contribution in [0.5, 0.6) is 0 Å². The van der Waals surface area contributed by atoms with Gasteiger partial charge in [-0.3, -0.25) is 4.79 Å². The number of ether oxygens (including phenoxy) is 1. The van der Waals surface area contributed by atoms with Crippen molar-refractivity contribution in [2.45, 2.75) is 70.1 Å². The summed E-state index contributed by atoms with van der Waals surface area (Å²) in [7, 11) is 2.24. The minimum Gasteiger partial charge on any atom is -0.423 e. The van der Waals surface area contributed by atoms with Gasteiger partial charge in [0, 0.05) is 24.7 Å². The van der Waals surface area contributed by atoms with Crippen LogP contribution in [0.3, 0.4) is 0 Å². The van der Waals surface area contributed by atoms with Crippen LogP contribution in [-0.4, -0.2) is 66.8 Å². The Kier molecular flexibility index (Phi) is 5.65. The van der Waals surface area contributed by atoms with E-state index in [1.807, 2.05) is 18.2 Å². The molecule has 7 heteroatoms. The van der Waals surface area contributed by atoms with E-state index in [0.717, 1.165) is 19.4 Å². The van der Waals surface area contributed by atoms with Crippen molar-refractivity contribution in [3.63, 3.8) is 0 Å². The van der Waals surface area contributed by atoms with Gasteiger partial charge in [-0.25, -0.2) is 0 Å². The van der Waals surface area contributed by atoms with Crippen LogP contribution in [0.15, 0.2) is 22.6 Å². The number of hydrogen-bond donors (Lipinski definition) is 1. The third-order valence-electron chi connectivity index (χ3n) is 7.51. The fourth-order valence-corrected chi connectivity index (χ4v) is 5.65. The van der Waals surface area contributed by atoms with Crippen LogP contribution in [0.1, 0.15) is 56.3 Å². The number of amides is 1. The maximum Gasteiger partial charge on any atom is 0.298 e. The van der Waals surface area contributed by atoms with E-state index in [0.29, 0.717) is 53.9 Å². The number of oxazole rings is 1. The Bertz CT molecular complexity index is 928. The Morgan fingerprint density at radius 3 is 2.74 bits per heavy atom. The summed E-state index contributed by atoms with van der Waals surface area (Å²) >= 11 is 0. The minimum absolute atomic E-state index is 0.0412. The highest BCUT2D eigenvalue weighted by Gasteiger charge is 2.37. The summed E-state index contributed by atoms with van der Waals surface area (Å²) in [6, 6.07) is 7.85. The number of aromatic nitrogens is 1. The van der Waals surface area contributed by atoms with E-state index in [1.165, 1.54) is 19.3 Å². The molecule has 2 bridgehead atoms. The molecule has 4 heterocycles. The second-order valence-electron chi connectivity index (χ2n) is 9.77. The van der Waals surface area contributed by atoms with E-state index in [2.05, 4.69) is 36.0 Å². The van der Waals surface area contributed by atoms with Crippen LogP contribution in [-0.2, 0) is 4.74 Å². The van der Waals surface area contributed by atoms with Gasteiger partial charge in [0.05, 0.1) is 24.8 Å². The number of nitrogens with one attached hydrogen (secondary N) is 1. The van der Waals surface area contributed by atoms with Gasteiger partial charge in [-0.2, -0.15) is 4.98 Å². The normalized spacial score (nSPS) is 29.5. The lowest BCUT2D eigenvalue weighted by Gasteiger charge is -2.47. The summed E-state index contributed by atoms with van der Waals surface area (Å²) in [5, 5.41) is 3.31. The third kappa shape index (κ3) is 3.94. The Morgan fingerprint density at radius 2 is 2.00 bits per heavy atom. The Morgan fingerprint density at radius 1 is 1.23 bits per heavy atom. The molecule has 0 aliphatic carbocycles. The molecule has 2 unspecified atom stereocenters. The molecule has 0 saturated carbocycles. The van der Waals surface area contributed by atoms with E-state index in [9.17, 15) is 4.79 Å². The molecular weight excluding hydrogens is 392 g/mol. The summed E-state index contributed by atoms with van der Waals surface area (Å²) in [5.41, 5.74) is 1.92. The summed E-state index contributed by atoms with van der Waals surface area (Å²) in [6.45, 7) is 6.45. The number of fused-ring (bicyclic) bond motifs is 3. The number of rotatable bonds is 4. The van der Waals surface area contributed by atoms with E-state index in [1.54, 1.807) is 0 Å². The first-order valence-electron chi connectivity index (χ1n) is 11.8. The lowest BCUT2D eigenvalue weighted by Crippen LogP contribution is -2.55. The predicted octanol–water partition coefficient (Wildman–Crippen LogP) is 3.43. The summed E-state index contributed by atoms with van der Waals surface area (Å²) < 4.78 is 11.8.